The molecule has 0 saturated carbocycles. The molecule has 0 aliphatic carbocycles. The zero-order valence-corrected chi connectivity index (χ0v) is 20.8. The highest BCUT2D eigenvalue weighted by Crippen LogP contribution is 2.36. The molecule has 1 amide bonds. The first kappa shape index (κ1) is 23.8. The number of nitriles is 1. The fraction of sp³-hybridized carbons (Fsp3) is 0.267. The molecule has 36 heavy (non-hydrogen) atoms. The maximum Gasteiger partial charge on any atom is 0.254 e. The molecule has 182 valence electrons. The van der Waals surface area contributed by atoms with Crippen LogP contribution >= 0.6 is 0 Å². The number of amides is 1. The predicted octanol–water partition coefficient (Wildman–Crippen LogP) is 4.98. The van der Waals surface area contributed by atoms with Gasteiger partial charge in [-0.25, -0.2) is 0 Å². The fourth-order valence-electron chi connectivity index (χ4n) is 5.24. The summed E-state index contributed by atoms with van der Waals surface area (Å²) in [6, 6.07) is 21.6. The average Bonchev–Trinajstić information content (AvgIpc) is 3.29. The Kier molecular flexibility index (Phi) is 6.36. The Hall–Kier alpha value is -3.92. The van der Waals surface area contributed by atoms with Gasteiger partial charge in [-0.05, 0) is 79.4 Å². The van der Waals surface area contributed by atoms with Crippen molar-refractivity contribution >= 4 is 16.8 Å². The number of hydrogen-bond acceptors (Lipinski definition) is 4. The maximum atomic E-state index is 13.3. The predicted molar refractivity (Wildman–Crippen MR) is 139 cm³/mol. The van der Waals surface area contributed by atoms with E-state index in [2.05, 4.69) is 6.07 Å². The van der Waals surface area contributed by atoms with Crippen molar-refractivity contribution in [1.82, 2.24) is 9.47 Å². The van der Waals surface area contributed by atoms with Crippen molar-refractivity contribution in [2.75, 3.05) is 26.3 Å². The van der Waals surface area contributed by atoms with Gasteiger partial charge in [-0.2, -0.15) is 5.26 Å². The van der Waals surface area contributed by atoms with E-state index in [1.54, 1.807) is 0 Å². The SMILES string of the molecule is Cc1ccc(C(=O)N2CCOCC2)c(C)c1C(O)c1cc2c(C)cc(C#N)cc2n1-c1ccccc1. The number of nitrogens with zero attached hydrogens (tertiary/aromatic N) is 3. The number of aliphatic hydroxyl groups excluding tert-OH is 1. The molecular formula is C30H29N3O3. The minimum Gasteiger partial charge on any atom is -0.382 e. The summed E-state index contributed by atoms with van der Waals surface area (Å²) in [7, 11) is 0. The molecule has 0 spiro atoms. The van der Waals surface area contributed by atoms with E-state index >= 15 is 0 Å². The molecule has 1 atom stereocenters. The summed E-state index contributed by atoms with van der Waals surface area (Å²) in [5.41, 5.74) is 7.01. The highest BCUT2D eigenvalue weighted by Gasteiger charge is 2.27. The van der Waals surface area contributed by atoms with Crippen molar-refractivity contribution in [3.8, 4) is 11.8 Å². The molecule has 3 aromatic carbocycles. The van der Waals surface area contributed by atoms with E-state index in [1.807, 2.05) is 90.9 Å². The van der Waals surface area contributed by atoms with Crippen molar-refractivity contribution < 1.29 is 14.6 Å². The van der Waals surface area contributed by atoms with Gasteiger partial charge < -0.3 is 19.3 Å². The number of aromatic nitrogens is 1. The van der Waals surface area contributed by atoms with Crippen molar-refractivity contribution in [2.45, 2.75) is 26.9 Å². The molecule has 1 aromatic heterocycles. The smallest absolute Gasteiger partial charge is 0.254 e. The van der Waals surface area contributed by atoms with Crippen LogP contribution < -0.4 is 0 Å². The number of aryl methyl sites for hydroxylation is 2. The van der Waals surface area contributed by atoms with Crippen LogP contribution in [-0.2, 0) is 4.74 Å². The number of ether oxygens (including phenoxy) is 1. The summed E-state index contributed by atoms with van der Waals surface area (Å²) in [4.78, 5) is 15.2. The van der Waals surface area contributed by atoms with Crippen LogP contribution in [0.3, 0.4) is 0 Å². The third kappa shape index (κ3) is 4.07. The van der Waals surface area contributed by atoms with Gasteiger partial charge in [0, 0.05) is 29.7 Å². The van der Waals surface area contributed by atoms with Gasteiger partial charge in [0.2, 0.25) is 0 Å². The summed E-state index contributed by atoms with van der Waals surface area (Å²) >= 11 is 0. The lowest BCUT2D eigenvalue weighted by molar-refractivity contribution is 0.0302. The van der Waals surface area contributed by atoms with E-state index in [4.69, 9.17) is 4.74 Å². The molecule has 6 heteroatoms. The first-order valence-electron chi connectivity index (χ1n) is 12.2. The van der Waals surface area contributed by atoms with Gasteiger partial charge in [-0.3, -0.25) is 4.79 Å². The summed E-state index contributed by atoms with van der Waals surface area (Å²) in [6.45, 7) is 8.05. The second kappa shape index (κ2) is 9.62. The Bertz CT molecular complexity index is 1490. The van der Waals surface area contributed by atoms with Gasteiger partial charge in [-0.1, -0.05) is 24.3 Å². The average molecular weight is 480 g/mol. The molecule has 6 nitrogen and oxygen atoms in total. The van der Waals surface area contributed by atoms with Crippen LogP contribution in [0.1, 0.15) is 50.0 Å². The van der Waals surface area contributed by atoms with Crippen LogP contribution in [0.25, 0.3) is 16.6 Å². The van der Waals surface area contributed by atoms with Crippen LogP contribution in [-0.4, -0.2) is 46.8 Å². The van der Waals surface area contributed by atoms with Crippen molar-refractivity contribution in [3.05, 3.63) is 99.7 Å². The summed E-state index contributed by atoms with van der Waals surface area (Å²) in [5, 5.41) is 22.5. The van der Waals surface area contributed by atoms with E-state index in [1.165, 1.54) is 0 Å². The van der Waals surface area contributed by atoms with Crippen LogP contribution in [0, 0.1) is 32.1 Å². The minimum atomic E-state index is -0.972. The Morgan fingerprint density at radius 3 is 2.42 bits per heavy atom. The normalized spacial score (nSPS) is 14.6. The highest BCUT2D eigenvalue weighted by atomic mass is 16.5. The molecule has 1 aliphatic heterocycles. The lowest BCUT2D eigenvalue weighted by atomic mass is 9.91. The number of rotatable bonds is 4. The van der Waals surface area contributed by atoms with Crippen LogP contribution in [0.15, 0.2) is 60.7 Å². The van der Waals surface area contributed by atoms with E-state index < -0.39 is 6.10 Å². The molecule has 5 rings (SSSR count). The molecule has 0 radical (unpaired) electrons. The number of aliphatic hydroxyl groups is 1. The number of carbonyl (C=O) groups excluding carboxylic acids is 1. The Labute approximate surface area is 211 Å². The molecule has 1 aliphatic rings. The third-order valence-electron chi connectivity index (χ3n) is 7.11. The number of hydrogen-bond donors (Lipinski definition) is 1. The minimum absolute atomic E-state index is 0.0395. The molecule has 4 aromatic rings. The quantitative estimate of drug-likeness (QED) is 0.448. The molecule has 1 fully saturated rings. The fourth-order valence-corrected chi connectivity index (χ4v) is 5.24. The maximum absolute atomic E-state index is 13.3. The summed E-state index contributed by atoms with van der Waals surface area (Å²) < 4.78 is 7.43. The molecule has 1 unspecified atom stereocenters. The lowest BCUT2D eigenvalue weighted by Crippen LogP contribution is -2.41. The monoisotopic (exact) mass is 479 g/mol. The van der Waals surface area contributed by atoms with Gasteiger partial charge in [0.15, 0.2) is 0 Å². The zero-order chi connectivity index (χ0) is 25.4. The summed E-state index contributed by atoms with van der Waals surface area (Å²) in [5.74, 6) is -0.0395. The van der Waals surface area contributed by atoms with Crippen LogP contribution in [0.4, 0.5) is 0 Å². The van der Waals surface area contributed by atoms with Gasteiger partial charge in [-0.15, -0.1) is 0 Å². The van der Waals surface area contributed by atoms with Crippen LogP contribution in [0.2, 0.25) is 0 Å². The second-order valence-electron chi connectivity index (χ2n) is 9.35. The molecule has 0 bridgehead atoms. The largest absolute Gasteiger partial charge is 0.382 e. The Morgan fingerprint density at radius 2 is 1.72 bits per heavy atom. The van der Waals surface area contributed by atoms with Gasteiger partial charge in [0.05, 0.1) is 36.1 Å². The number of fused-ring (bicyclic) bond motifs is 1. The van der Waals surface area contributed by atoms with E-state index in [9.17, 15) is 15.2 Å². The van der Waals surface area contributed by atoms with E-state index in [-0.39, 0.29) is 5.91 Å². The van der Waals surface area contributed by atoms with Gasteiger partial charge >= 0.3 is 0 Å². The number of morpholine rings is 1. The van der Waals surface area contributed by atoms with Gasteiger partial charge in [0.1, 0.15) is 6.10 Å². The van der Waals surface area contributed by atoms with Crippen molar-refractivity contribution in [3.63, 3.8) is 0 Å². The summed E-state index contributed by atoms with van der Waals surface area (Å²) in [6.07, 6.45) is -0.972. The number of carbonyl (C=O) groups is 1. The van der Waals surface area contributed by atoms with E-state index in [0.717, 1.165) is 38.8 Å². The number of para-hydroxylation sites is 1. The lowest BCUT2D eigenvalue weighted by Gasteiger charge is -2.28. The number of benzene rings is 3. The van der Waals surface area contributed by atoms with Crippen LogP contribution in [0.5, 0.6) is 0 Å². The van der Waals surface area contributed by atoms with Crippen molar-refractivity contribution in [1.29, 1.82) is 5.26 Å². The highest BCUT2D eigenvalue weighted by molar-refractivity contribution is 5.96. The Balaban J connectivity index is 1.69. The first-order valence-corrected chi connectivity index (χ1v) is 12.2. The first-order chi connectivity index (χ1) is 17.4. The standard InChI is InChI=1S/C30H29N3O3/c1-19-9-10-24(30(35)32-11-13-36-14-12-32)21(3)28(19)29(34)27-17-25-20(2)15-22(18-31)16-26(25)33(27)23-7-5-4-6-8-23/h4-10,15-17,29,34H,11-14H2,1-3H3. The Morgan fingerprint density at radius 1 is 1.00 bits per heavy atom. The van der Waals surface area contributed by atoms with E-state index in [0.29, 0.717) is 43.1 Å². The topological polar surface area (TPSA) is 78.5 Å². The zero-order valence-electron chi connectivity index (χ0n) is 20.8. The van der Waals surface area contributed by atoms with Gasteiger partial charge in [0.25, 0.3) is 5.91 Å². The molecule has 2 heterocycles. The molecular weight excluding hydrogens is 450 g/mol. The molecule has 1 saturated heterocycles. The second-order valence-corrected chi connectivity index (χ2v) is 9.35. The third-order valence-corrected chi connectivity index (χ3v) is 7.11. The van der Waals surface area contributed by atoms with Crippen molar-refractivity contribution in [2.24, 2.45) is 0 Å². The molecule has 1 N–H and O–H groups in total.